The zero-order valence-electron chi connectivity index (χ0n) is 10.7. The van der Waals surface area contributed by atoms with Gasteiger partial charge in [0.25, 0.3) is 0 Å². The molecule has 0 fully saturated rings. The maximum Gasteiger partial charge on any atom is 0.185 e. The maximum atomic E-state index is 12.5. The van der Waals surface area contributed by atoms with Gasteiger partial charge in [-0.05, 0) is 42.3 Å². The lowest BCUT2D eigenvalue weighted by Crippen LogP contribution is -2.11. The van der Waals surface area contributed by atoms with E-state index in [1.165, 1.54) is 0 Å². The molecule has 2 nitrogen and oxygen atoms in total. The van der Waals surface area contributed by atoms with Gasteiger partial charge in [-0.25, -0.2) is 0 Å². The summed E-state index contributed by atoms with van der Waals surface area (Å²) in [6, 6.07) is 13.9. The SMILES string of the molecule is Cc1ccc(C(=O)C(C#N)c2ccc(Cl)cc2)c(Cl)c1. The third-order valence-electron chi connectivity index (χ3n) is 2.98. The van der Waals surface area contributed by atoms with Crippen molar-refractivity contribution in [2.75, 3.05) is 0 Å². The number of hydrogen-bond acceptors (Lipinski definition) is 2. The molecule has 0 saturated heterocycles. The summed E-state index contributed by atoms with van der Waals surface area (Å²) in [5.41, 5.74) is 1.93. The highest BCUT2D eigenvalue weighted by Gasteiger charge is 2.23. The molecule has 0 radical (unpaired) electrons. The van der Waals surface area contributed by atoms with Crippen LogP contribution in [0.4, 0.5) is 0 Å². The number of rotatable bonds is 3. The lowest BCUT2D eigenvalue weighted by atomic mass is 9.91. The number of ketones is 1. The zero-order valence-corrected chi connectivity index (χ0v) is 12.2. The van der Waals surface area contributed by atoms with E-state index in [4.69, 9.17) is 23.2 Å². The molecule has 0 heterocycles. The molecule has 1 atom stereocenters. The Balaban J connectivity index is 2.39. The van der Waals surface area contributed by atoms with E-state index in [-0.39, 0.29) is 5.78 Å². The zero-order chi connectivity index (χ0) is 14.7. The van der Waals surface area contributed by atoms with E-state index in [9.17, 15) is 10.1 Å². The minimum Gasteiger partial charge on any atom is -0.292 e. The molecule has 2 rings (SSSR count). The Morgan fingerprint density at radius 1 is 1.15 bits per heavy atom. The van der Waals surface area contributed by atoms with Crippen LogP contribution in [0.15, 0.2) is 42.5 Å². The maximum absolute atomic E-state index is 12.5. The van der Waals surface area contributed by atoms with Crippen molar-refractivity contribution < 1.29 is 4.79 Å². The van der Waals surface area contributed by atoms with Gasteiger partial charge in [0, 0.05) is 10.6 Å². The van der Waals surface area contributed by atoms with E-state index in [2.05, 4.69) is 0 Å². The molecule has 2 aromatic rings. The standard InChI is InChI=1S/C16H11Cl2NO/c1-10-2-7-13(15(18)8-10)16(20)14(9-19)11-3-5-12(17)6-4-11/h2-8,14H,1H3. The van der Waals surface area contributed by atoms with Crippen LogP contribution < -0.4 is 0 Å². The Morgan fingerprint density at radius 2 is 1.80 bits per heavy atom. The first-order valence-electron chi connectivity index (χ1n) is 5.98. The Kier molecular flexibility index (Phi) is 4.44. The van der Waals surface area contributed by atoms with E-state index in [0.29, 0.717) is 21.2 Å². The van der Waals surface area contributed by atoms with Crippen molar-refractivity contribution in [3.8, 4) is 6.07 Å². The van der Waals surface area contributed by atoms with Crippen LogP contribution in [0.1, 0.15) is 27.4 Å². The molecule has 100 valence electrons. The summed E-state index contributed by atoms with van der Waals surface area (Å²) in [5, 5.41) is 10.2. The van der Waals surface area contributed by atoms with Crippen LogP contribution in [0.25, 0.3) is 0 Å². The third kappa shape index (κ3) is 3.01. The van der Waals surface area contributed by atoms with Gasteiger partial charge in [-0.3, -0.25) is 4.79 Å². The molecule has 20 heavy (non-hydrogen) atoms. The fraction of sp³-hybridized carbons (Fsp3) is 0.125. The molecule has 0 N–H and O–H groups in total. The molecule has 0 amide bonds. The summed E-state index contributed by atoms with van der Waals surface area (Å²) in [4.78, 5) is 12.5. The van der Waals surface area contributed by atoms with Crippen LogP contribution in [0.3, 0.4) is 0 Å². The Bertz CT molecular complexity index is 687. The molecule has 2 aromatic carbocycles. The molecule has 0 aliphatic heterocycles. The minimum atomic E-state index is -0.882. The Hall–Kier alpha value is -1.82. The van der Waals surface area contributed by atoms with Gasteiger partial charge in [-0.1, -0.05) is 41.4 Å². The fourth-order valence-corrected chi connectivity index (χ4v) is 2.37. The molecule has 0 bridgehead atoms. The molecule has 0 aliphatic rings. The largest absolute Gasteiger partial charge is 0.292 e. The van der Waals surface area contributed by atoms with Gasteiger partial charge in [0.1, 0.15) is 5.92 Å². The fourth-order valence-electron chi connectivity index (χ4n) is 1.92. The first-order chi connectivity index (χ1) is 9.52. The molecule has 1 unspecified atom stereocenters. The second-order valence-corrected chi connectivity index (χ2v) is 5.30. The number of Topliss-reactive ketones (excluding diaryl/α,β-unsaturated/α-hetero) is 1. The Labute approximate surface area is 127 Å². The number of nitriles is 1. The topological polar surface area (TPSA) is 40.9 Å². The number of carbonyl (C=O) groups is 1. The number of aryl methyl sites for hydroxylation is 1. The average Bonchev–Trinajstić information content (AvgIpc) is 2.41. The quantitative estimate of drug-likeness (QED) is 0.765. The normalized spacial score (nSPS) is 11.7. The van der Waals surface area contributed by atoms with E-state index >= 15 is 0 Å². The smallest absolute Gasteiger partial charge is 0.185 e. The van der Waals surface area contributed by atoms with Gasteiger partial charge in [0.05, 0.1) is 11.1 Å². The third-order valence-corrected chi connectivity index (χ3v) is 3.55. The first kappa shape index (κ1) is 14.6. The highest BCUT2D eigenvalue weighted by atomic mass is 35.5. The predicted molar refractivity (Wildman–Crippen MR) is 80.3 cm³/mol. The number of nitrogens with zero attached hydrogens (tertiary/aromatic N) is 1. The van der Waals surface area contributed by atoms with Gasteiger partial charge >= 0.3 is 0 Å². The highest BCUT2D eigenvalue weighted by Crippen LogP contribution is 2.26. The van der Waals surface area contributed by atoms with Crippen molar-refractivity contribution >= 4 is 29.0 Å². The van der Waals surface area contributed by atoms with Gasteiger partial charge in [-0.15, -0.1) is 0 Å². The number of halogens is 2. The second kappa shape index (κ2) is 6.09. The summed E-state index contributed by atoms with van der Waals surface area (Å²) in [6.07, 6.45) is 0. The molecule has 0 spiro atoms. The van der Waals surface area contributed by atoms with E-state index in [1.54, 1.807) is 42.5 Å². The van der Waals surface area contributed by atoms with Gasteiger partial charge in [-0.2, -0.15) is 5.26 Å². The first-order valence-corrected chi connectivity index (χ1v) is 6.74. The van der Waals surface area contributed by atoms with Crippen molar-refractivity contribution in [1.29, 1.82) is 5.26 Å². The minimum absolute atomic E-state index is 0.306. The van der Waals surface area contributed by atoms with E-state index in [0.717, 1.165) is 5.56 Å². The lowest BCUT2D eigenvalue weighted by Gasteiger charge is -2.10. The molecule has 4 heteroatoms. The summed E-state index contributed by atoms with van der Waals surface area (Å²) >= 11 is 11.9. The van der Waals surface area contributed by atoms with Crippen molar-refractivity contribution in [1.82, 2.24) is 0 Å². The summed E-state index contributed by atoms with van der Waals surface area (Å²) in [6.45, 7) is 1.89. The van der Waals surface area contributed by atoms with E-state index < -0.39 is 5.92 Å². The van der Waals surface area contributed by atoms with Crippen LogP contribution >= 0.6 is 23.2 Å². The van der Waals surface area contributed by atoms with Gasteiger partial charge in [0.2, 0.25) is 0 Å². The van der Waals surface area contributed by atoms with Crippen LogP contribution in [-0.4, -0.2) is 5.78 Å². The molecule has 0 aromatic heterocycles. The van der Waals surface area contributed by atoms with Gasteiger partial charge < -0.3 is 0 Å². The molecular weight excluding hydrogens is 293 g/mol. The average molecular weight is 304 g/mol. The Morgan fingerprint density at radius 3 is 2.35 bits per heavy atom. The number of carbonyl (C=O) groups excluding carboxylic acids is 1. The summed E-state index contributed by atoms with van der Waals surface area (Å²) in [5.74, 6) is -1.19. The second-order valence-electron chi connectivity index (χ2n) is 4.46. The summed E-state index contributed by atoms with van der Waals surface area (Å²) < 4.78 is 0. The molecular formula is C16H11Cl2NO. The molecule has 0 aliphatic carbocycles. The van der Waals surface area contributed by atoms with Crippen molar-refractivity contribution in [3.63, 3.8) is 0 Å². The van der Waals surface area contributed by atoms with Crippen molar-refractivity contribution in [3.05, 3.63) is 69.2 Å². The van der Waals surface area contributed by atoms with Crippen LogP contribution in [0.5, 0.6) is 0 Å². The van der Waals surface area contributed by atoms with Crippen molar-refractivity contribution in [2.24, 2.45) is 0 Å². The van der Waals surface area contributed by atoms with Crippen molar-refractivity contribution in [2.45, 2.75) is 12.8 Å². The number of benzene rings is 2. The van der Waals surface area contributed by atoms with Crippen LogP contribution in [0, 0.1) is 18.3 Å². The molecule has 0 saturated carbocycles. The van der Waals surface area contributed by atoms with Gasteiger partial charge in [0.15, 0.2) is 5.78 Å². The van der Waals surface area contributed by atoms with Crippen LogP contribution in [0.2, 0.25) is 10.0 Å². The number of hydrogen-bond donors (Lipinski definition) is 0. The van der Waals surface area contributed by atoms with Crippen LogP contribution in [-0.2, 0) is 0 Å². The highest BCUT2D eigenvalue weighted by molar-refractivity contribution is 6.34. The van der Waals surface area contributed by atoms with E-state index in [1.807, 2.05) is 13.0 Å². The monoisotopic (exact) mass is 303 g/mol. The predicted octanol–water partition coefficient (Wildman–Crippen LogP) is 4.79. The summed E-state index contributed by atoms with van der Waals surface area (Å²) in [7, 11) is 0. The lowest BCUT2D eigenvalue weighted by molar-refractivity contribution is 0.0979.